The van der Waals surface area contributed by atoms with Gasteiger partial charge in [0.25, 0.3) is 0 Å². The number of nitrogens with two attached hydrogens (primary N) is 1. The first-order chi connectivity index (χ1) is 18.1. The van der Waals surface area contributed by atoms with Crippen molar-refractivity contribution < 1.29 is 24.0 Å². The molecule has 1 unspecified atom stereocenters. The monoisotopic (exact) mass is 527 g/mol. The molecule has 2 aromatic carbocycles. The third-order valence-corrected chi connectivity index (χ3v) is 6.81. The van der Waals surface area contributed by atoms with Crippen LogP contribution in [0.5, 0.6) is 0 Å². The molecule has 0 aromatic heterocycles. The van der Waals surface area contributed by atoms with Crippen LogP contribution in [0.2, 0.25) is 0 Å². The Labute approximate surface area is 227 Å². The SMILES string of the molecule is CC.CCCC(C(=O)ON)N(C)c1ccc(C2CCN(CC(=O)OC(C)(C)C)CC2)c2cccc(C=O)c12. The number of likely N-dealkylation sites (N-methyl/N-ethyl adjacent to an activating group) is 1. The van der Waals surface area contributed by atoms with E-state index in [1.165, 1.54) is 5.56 Å². The molecule has 38 heavy (non-hydrogen) atoms. The van der Waals surface area contributed by atoms with Crippen LogP contribution in [0.15, 0.2) is 30.3 Å². The average Bonchev–Trinajstić information content (AvgIpc) is 2.90. The number of hydrogen-bond donors (Lipinski definition) is 1. The lowest BCUT2D eigenvalue weighted by Crippen LogP contribution is -2.41. The fourth-order valence-corrected chi connectivity index (χ4v) is 5.13. The first kappa shape index (κ1) is 31.2. The van der Waals surface area contributed by atoms with E-state index in [1.54, 1.807) is 6.07 Å². The highest BCUT2D eigenvalue weighted by Crippen LogP contribution is 2.39. The molecule has 3 rings (SSSR count). The van der Waals surface area contributed by atoms with Crippen LogP contribution in [0.1, 0.15) is 89.1 Å². The van der Waals surface area contributed by atoms with Gasteiger partial charge in [0.05, 0.1) is 6.54 Å². The molecule has 0 radical (unpaired) electrons. The minimum atomic E-state index is -0.551. The van der Waals surface area contributed by atoms with Gasteiger partial charge in [0.15, 0.2) is 6.29 Å². The number of fused-ring (bicyclic) bond motifs is 1. The molecule has 2 aromatic rings. The van der Waals surface area contributed by atoms with E-state index in [2.05, 4.69) is 15.8 Å². The van der Waals surface area contributed by atoms with Crippen molar-refractivity contribution in [2.75, 3.05) is 31.6 Å². The molecule has 1 aliphatic rings. The Kier molecular flexibility index (Phi) is 11.7. The van der Waals surface area contributed by atoms with Crippen LogP contribution < -0.4 is 10.8 Å². The molecule has 0 saturated carbocycles. The Morgan fingerprint density at radius 3 is 2.37 bits per heavy atom. The van der Waals surface area contributed by atoms with Crippen LogP contribution >= 0.6 is 0 Å². The number of esters is 1. The zero-order chi connectivity index (χ0) is 28.5. The summed E-state index contributed by atoms with van der Waals surface area (Å²) >= 11 is 0. The second kappa shape index (κ2) is 14.3. The first-order valence-corrected chi connectivity index (χ1v) is 13.7. The van der Waals surface area contributed by atoms with E-state index in [0.29, 0.717) is 24.4 Å². The number of piperidine rings is 1. The molecule has 8 nitrogen and oxygen atoms in total. The maximum Gasteiger partial charge on any atom is 0.347 e. The molecule has 1 atom stereocenters. The summed E-state index contributed by atoms with van der Waals surface area (Å²) in [6, 6.07) is 9.28. The number of carbonyl (C=O) groups is 3. The predicted molar refractivity (Wildman–Crippen MR) is 152 cm³/mol. The van der Waals surface area contributed by atoms with Crippen LogP contribution in [0, 0.1) is 0 Å². The van der Waals surface area contributed by atoms with Crippen LogP contribution in [0.3, 0.4) is 0 Å². The number of aldehydes is 1. The average molecular weight is 528 g/mol. The van der Waals surface area contributed by atoms with Crippen molar-refractivity contribution in [1.82, 2.24) is 4.90 Å². The molecule has 1 fully saturated rings. The minimum Gasteiger partial charge on any atom is -0.459 e. The summed E-state index contributed by atoms with van der Waals surface area (Å²) in [6.07, 6.45) is 4.02. The summed E-state index contributed by atoms with van der Waals surface area (Å²) < 4.78 is 5.47. The van der Waals surface area contributed by atoms with Gasteiger partial charge in [0.1, 0.15) is 11.6 Å². The summed E-state index contributed by atoms with van der Waals surface area (Å²) in [5, 5.41) is 1.83. The highest BCUT2D eigenvalue weighted by molar-refractivity contribution is 6.07. The maximum absolute atomic E-state index is 12.4. The van der Waals surface area contributed by atoms with E-state index in [1.807, 2.05) is 71.7 Å². The lowest BCUT2D eigenvalue weighted by molar-refractivity contribution is -0.156. The number of likely N-dealkylation sites (tertiary alicyclic amines) is 1. The quantitative estimate of drug-likeness (QED) is 0.269. The van der Waals surface area contributed by atoms with Gasteiger partial charge < -0.3 is 14.5 Å². The van der Waals surface area contributed by atoms with Crippen molar-refractivity contribution in [3.63, 3.8) is 0 Å². The molecule has 8 heteroatoms. The van der Waals surface area contributed by atoms with E-state index >= 15 is 0 Å². The third kappa shape index (κ3) is 7.77. The Hall–Kier alpha value is -2.97. The summed E-state index contributed by atoms with van der Waals surface area (Å²) in [5.74, 6) is 4.81. The Morgan fingerprint density at radius 1 is 1.16 bits per heavy atom. The summed E-state index contributed by atoms with van der Waals surface area (Å²) in [5.41, 5.74) is 2.06. The number of anilines is 1. The lowest BCUT2D eigenvalue weighted by atomic mass is 9.85. The van der Waals surface area contributed by atoms with Gasteiger partial charge in [-0.2, -0.15) is 5.90 Å². The van der Waals surface area contributed by atoms with Gasteiger partial charge in [0, 0.05) is 23.7 Å². The second-order valence-corrected chi connectivity index (χ2v) is 10.6. The Morgan fingerprint density at radius 2 is 1.82 bits per heavy atom. The molecule has 0 aliphatic carbocycles. The Balaban J connectivity index is 0.00000247. The number of ether oxygens (including phenoxy) is 1. The van der Waals surface area contributed by atoms with E-state index < -0.39 is 17.6 Å². The molecular formula is C30H45N3O5. The first-order valence-electron chi connectivity index (χ1n) is 13.7. The van der Waals surface area contributed by atoms with Gasteiger partial charge in [-0.1, -0.05) is 51.5 Å². The molecule has 0 bridgehead atoms. The van der Waals surface area contributed by atoms with Gasteiger partial charge in [-0.3, -0.25) is 14.5 Å². The number of carbonyl (C=O) groups excluding carboxylic acids is 3. The number of benzene rings is 2. The van der Waals surface area contributed by atoms with E-state index in [-0.39, 0.29) is 5.97 Å². The summed E-state index contributed by atoms with van der Waals surface area (Å²) in [7, 11) is 1.84. The van der Waals surface area contributed by atoms with Gasteiger partial charge >= 0.3 is 11.9 Å². The van der Waals surface area contributed by atoms with Gasteiger partial charge in [0.2, 0.25) is 0 Å². The molecular weight excluding hydrogens is 482 g/mol. The normalized spacial score (nSPS) is 15.3. The van der Waals surface area contributed by atoms with Crippen LogP contribution in [-0.2, 0) is 19.2 Å². The largest absolute Gasteiger partial charge is 0.459 e. The predicted octanol–water partition coefficient (Wildman–Crippen LogP) is 5.22. The van der Waals surface area contributed by atoms with Crippen LogP contribution in [-0.4, -0.2) is 61.4 Å². The molecule has 1 aliphatic heterocycles. The topological polar surface area (TPSA) is 102 Å². The van der Waals surface area contributed by atoms with Crippen LogP contribution in [0.25, 0.3) is 10.8 Å². The van der Waals surface area contributed by atoms with E-state index in [4.69, 9.17) is 10.6 Å². The highest BCUT2D eigenvalue weighted by Gasteiger charge is 2.29. The van der Waals surface area contributed by atoms with Gasteiger partial charge in [-0.25, -0.2) is 4.79 Å². The van der Waals surface area contributed by atoms with Crippen molar-refractivity contribution >= 4 is 34.7 Å². The standard InChI is InChI=1S/C28H39N3O5.C2H6/c1-6-8-24(27(34)36-29)30(5)23-12-11-21(22-10-7-9-20(18-32)26(22)23)19-13-15-31(16-14-19)17-25(33)35-28(2,3)4;1-2/h7,9-12,18-19,24H,6,8,13-17,29H2,1-5H3;1-2H3. The zero-order valence-electron chi connectivity index (χ0n) is 24.1. The molecule has 0 amide bonds. The van der Waals surface area contributed by atoms with Gasteiger partial charge in [-0.15, -0.1) is 0 Å². The summed E-state index contributed by atoms with van der Waals surface area (Å²) in [6.45, 7) is 13.5. The smallest absolute Gasteiger partial charge is 0.347 e. The molecule has 210 valence electrons. The molecule has 1 heterocycles. The second-order valence-electron chi connectivity index (χ2n) is 10.6. The molecule has 1 saturated heterocycles. The Bertz CT molecular complexity index is 1090. The summed E-state index contributed by atoms with van der Waals surface area (Å²) in [4.78, 5) is 45.3. The molecule has 2 N–H and O–H groups in total. The van der Waals surface area contributed by atoms with Crippen molar-refractivity contribution in [2.45, 2.75) is 84.8 Å². The fourth-order valence-electron chi connectivity index (χ4n) is 5.13. The van der Waals surface area contributed by atoms with Crippen LogP contribution in [0.4, 0.5) is 5.69 Å². The lowest BCUT2D eigenvalue weighted by Gasteiger charge is -2.34. The van der Waals surface area contributed by atoms with E-state index in [0.717, 1.165) is 55.1 Å². The van der Waals surface area contributed by atoms with E-state index in [9.17, 15) is 14.4 Å². The number of hydrogen-bond acceptors (Lipinski definition) is 8. The number of rotatable bonds is 9. The highest BCUT2D eigenvalue weighted by atomic mass is 16.7. The maximum atomic E-state index is 12.4. The molecule has 0 spiro atoms. The van der Waals surface area contributed by atoms with Crippen molar-refractivity contribution in [3.8, 4) is 0 Å². The zero-order valence-corrected chi connectivity index (χ0v) is 24.1. The fraction of sp³-hybridized carbons (Fsp3) is 0.567. The van der Waals surface area contributed by atoms with Crippen molar-refractivity contribution in [3.05, 3.63) is 41.5 Å². The minimum absolute atomic E-state index is 0.202. The third-order valence-electron chi connectivity index (χ3n) is 6.81. The van der Waals surface area contributed by atoms with Crippen molar-refractivity contribution in [2.24, 2.45) is 5.90 Å². The number of nitrogens with zero attached hydrogens (tertiary/aromatic N) is 2. The van der Waals surface area contributed by atoms with Crippen molar-refractivity contribution in [1.29, 1.82) is 0 Å². The van der Waals surface area contributed by atoms with Gasteiger partial charge in [-0.05, 0) is 76.1 Å².